The van der Waals surface area contributed by atoms with E-state index in [0.29, 0.717) is 22.4 Å². The van der Waals surface area contributed by atoms with Crippen molar-refractivity contribution in [1.82, 2.24) is 4.98 Å². The van der Waals surface area contributed by atoms with Gasteiger partial charge in [0.2, 0.25) is 11.8 Å². The molecule has 0 aromatic carbocycles. The van der Waals surface area contributed by atoms with Crippen LogP contribution in [0.2, 0.25) is 0 Å². The Kier molecular flexibility index (Phi) is 8.82. The molecule has 2 aromatic heterocycles. The molecule has 0 spiro atoms. The molecular weight excluding hydrogens is 496 g/mol. The number of thiophene rings is 1. The molecule has 6 nitrogen and oxygen atoms in total. The van der Waals surface area contributed by atoms with Crippen LogP contribution in [0.15, 0.2) is 24.4 Å². The molecule has 1 amide bonds. The van der Waals surface area contributed by atoms with E-state index < -0.39 is 5.97 Å². The van der Waals surface area contributed by atoms with Gasteiger partial charge in [0.05, 0.1) is 10.6 Å². The third-order valence-corrected chi connectivity index (χ3v) is 8.61. The summed E-state index contributed by atoms with van der Waals surface area (Å²) in [6.07, 6.45) is 8.63. The lowest BCUT2D eigenvalue weighted by Gasteiger charge is -2.39. The van der Waals surface area contributed by atoms with E-state index in [1.807, 2.05) is 50.8 Å². The number of nitrogens with zero attached hydrogens (tertiary/aromatic N) is 2. The van der Waals surface area contributed by atoms with Crippen LogP contribution in [0.3, 0.4) is 0 Å². The Labute approximate surface area is 230 Å². The van der Waals surface area contributed by atoms with Crippen molar-refractivity contribution >= 4 is 28.9 Å². The van der Waals surface area contributed by atoms with Gasteiger partial charge in [0.15, 0.2) is 0 Å². The molecule has 2 aliphatic carbocycles. The predicted octanol–water partition coefficient (Wildman–Crippen LogP) is 7.10. The molecule has 38 heavy (non-hydrogen) atoms. The van der Waals surface area contributed by atoms with Gasteiger partial charge in [0, 0.05) is 29.1 Å². The van der Waals surface area contributed by atoms with Gasteiger partial charge in [-0.1, -0.05) is 24.8 Å². The molecule has 2 saturated carbocycles. The highest BCUT2D eigenvalue weighted by Gasteiger charge is 2.38. The second-order valence-electron chi connectivity index (χ2n) is 12.0. The number of aromatic nitrogens is 1. The minimum atomic E-state index is -1.01. The van der Waals surface area contributed by atoms with Crippen molar-refractivity contribution < 1.29 is 19.4 Å². The molecule has 2 aliphatic rings. The Hall–Kier alpha value is -2.85. The van der Waals surface area contributed by atoms with Crippen molar-refractivity contribution in [2.24, 2.45) is 17.3 Å². The Morgan fingerprint density at radius 3 is 2.39 bits per heavy atom. The quantitative estimate of drug-likeness (QED) is 0.399. The van der Waals surface area contributed by atoms with Gasteiger partial charge in [-0.2, -0.15) is 0 Å². The highest BCUT2D eigenvalue weighted by molar-refractivity contribution is 7.15. The van der Waals surface area contributed by atoms with Gasteiger partial charge in [-0.05, 0) is 97.1 Å². The van der Waals surface area contributed by atoms with E-state index in [4.69, 9.17) is 4.74 Å². The summed E-state index contributed by atoms with van der Waals surface area (Å²) >= 11 is 1.17. The number of carboxylic acids is 1. The zero-order valence-corrected chi connectivity index (χ0v) is 24.1. The van der Waals surface area contributed by atoms with E-state index in [1.165, 1.54) is 11.3 Å². The minimum Gasteiger partial charge on any atom is -0.477 e. The first-order valence-electron chi connectivity index (χ1n) is 13.8. The van der Waals surface area contributed by atoms with Gasteiger partial charge >= 0.3 is 5.97 Å². The van der Waals surface area contributed by atoms with Crippen LogP contribution in [0, 0.1) is 36.0 Å². The largest absolute Gasteiger partial charge is 0.477 e. The number of carbonyl (C=O) groups excluding carboxylic acids is 1. The lowest BCUT2D eigenvalue weighted by atomic mass is 9.81. The molecule has 204 valence electrons. The highest BCUT2D eigenvalue weighted by atomic mass is 32.1. The summed E-state index contributed by atoms with van der Waals surface area (Å²) in [5, 5.41) is 10.1. The molecule has 7 heteroatoms. The van der Waals surface area contributed by atoms with E-state index >= 15 is 0 Å². The number of hydrogen-bond donors (Lipinski definition) is 1. The first kappa shape index (κ1) is 28.2. The monoisotopic (exact) mass is 536 g/mol. The fourth-order valence-electron chi connectivity index (χ4n) is 5.40. The van der Waals surface area contributed by atoms with Crippen molar-refractivity contribution in [3.8, 4) is 17.7 Å². The topological polar surface area (TPSA) is 79.7 Å². The fourth-order valence-corrected chi connectivity index (χ4v) is 6.24. The minimum absolute atomic E-state index is 0.0296. The van der Waals surface area contributed by atoms with Gasteiger partial charge < -0.3 is 14.7 Å². The number of rotatable bonds is 6. The van der Waals surface area contributed by atoms with E-state index in [1.54, 1.807) is 6.20 Å². The van der Waals surface area contributed by atoms with E-state index in [9.17, 15) is 14.7 Å². The van der Waals surface area contributed by atoms with Crippen molar-refractivity contribution in [1.29, 1.82) is 0 Å². The van der Waals surface area contributed by atoms with Gasteiger partial charge in [-0.25, -0.2) is 9.78 Å². The third-order valence-electron chi connectivity index (χ3n) is 7.58. The second kappa shape index (κ2) is 11.9. The molecule has 2 heterocycles. The number of aromatic carboxylic acids is 1. The maximum absolute atomic E-state index is 14.1. The first-order chi connectivity index (χ1) is 18.0. The normalized spacial score (nSPS) is 23.7. The number of aryl methyl sites for hydroxylation is 1. The second-order valence-corrected chi connectivity index (χ2v) is 13.0. The maximum Gasteiger partial charge on any atom is 0.348 e. The summed E-state index contributed by atoms with van der Waals surface area (Å²) in [6.45, 7) is 10.3. The summed E-state index contributed by atoms with van der Waals surface area (Å²) in [5.41, 5.74) is 1.31. The Balaban J connectivity index is 1.61. The van der Waals surface area contributed by atoms with E-state index in [2.05, 4.69) is 23.7 Å². The number of ether oxygens (including phenoxy) is 1. The smallest absolute Gasteiger partial charge is 0.348 e. The van der Waals surface area contributed by atoms with Crippen LogP contribution >= 0.6 is 11.3 Å². The van der Waals surface area contributed by atoms with Crippen LogP contribution in [-0.2, 0) is 4.79 Å². The van der Waals surface area contributed by atoms with Crippen LogP contribution in [0.25, 0.3) is 0 Å². The molecule has 2 aromatic rings. The number of anilines is 1. The molecule has 0 radical (unpaired) electrons. The summed E-state index contributed by atoms with van der Waals surface area (Å²) < 4.78 is 6.21. The first-order valence-corrected chi connectivity index (χ1v) is 14.6. The lowest BCUT2D eigenvalue weighted by molar-refractivity contribution is -0.124. The zero-order chi connectivity index (χ0) is 27.4. The molecule has 1 N–H and O–H groups in total. The molecule has 0 atom stereocenters. The number of pyridine rings is 1. The molecular formula is C31H40N2O4S. The Bertz CT molecular complexity index is 1200. The van der Waals surface area contributed by atoms with E-state index in [-0.39, 0.29) is 34.3 Å². The molecule has 0 saturated heterocycles. The number of hydrogen-bond acceptors (Lipinski definition) is 5. The highest BCUT2D eigenvalue weighted by Crippen LogP contribution is 2.39. The zero-order valence-electron chi connectivity index (χ0n) is 23.3. The summed E-state index contributed by atoms with van der Waals surface area (Å²) in [7, 11) is 0. The number of amides is 1. The Morgan fingerprint density at radius 1 is 1.11 bits per heavy atom. The van der Waals surface area contributed by atoms with Crippen LogP contribution in [0.1, 0.15) is 99.2 Å². The molecule has 4 rings (SSSR count). The van der Waals surface area contributed by atoms with E-state index in [0.717, 1.165) is 56.9 Å². The maximum atomic E-state index is 14.1. The van der Waals surface area contributed by atoms with Crippen LogP contribution < -0.4 is 9.64 Å². The van der Waals surface area contributed by atoms with Crippen LogP contribution in [0.4, 0.5) is 5.69 Å². The van der Waals surface area contributed by atoms with Crippen LogP contribution in [-0.4, -0.2) is 34.1 Å². The van der Waals surface area contributed by atoms with Crippen molar-refractivity contribution in [2.45, 2.75) is 98.1 Å². The number of carboxylic acid groups (broad SMARTS) is 1. The van der Waals surface area contributed by atoms with Gasteiger partial charge in [-0.3, -0.25) is 4.79 Å². The van der Waals surface area contributed by atoms with Gasteiger partial charge in [0.1, 0.15) is 11.0 Å². The summed E-state index contributed by atoms with van der Waals surface area (Å²) in [5.74, 6) is 6.65. The predicted molar refractivity (Wildman–Crippen MR) is 152 cm³/mol. The van der Waals surface area contributed by atoms with Crippen molar-refractivity contribution in [3.63, 3.8) is 0 Å². The van der Waals surface area contributed by atoms with Crippen LogP contribution in [0.5, 0.6) is 5.88 Å². The standard InChI is InChI=1S/C31H40N2O4S/c1-20-8-10-22(11-9-20)29(34)33(26-19-25(16-17-31(3,4)5)38-27(26)30(35)36)23-12-14-24(15-13-23)37-28-21(2)7-6-18-32-28/h6-7,18-20,22-24H,8-15H2,1-5H3,(H,35,36)/t20-,22-,23-,24-. The van der Waals surface area contributed by atoms with Gasteiger partial charge in [-0.15, -0.1) is 11.3 Å². The molecule has 2 fully saturated rings. The molecule has 0 unspecified atom stereocenters. The summed E-state index contributed by atoms with van der Waals surface area (Å²) in [6, 6.07) is 5.65. The van der Waals surface area contributed by atoms with Crippen molar-refractivity contribution in [3.05, 3.63) is 39.7 Å². The molecule has 0 bridgehead atoms. The summed E-state index contributed by atoms with van der Waals surface area (Å²) in [4.78, 5) is 33.5. The molecule has 0 aliphatic heterocycles. The average molecular weight is 537 g/mol. The van der Waals surface area contributed by atoms with Crippen molar-refractivity contribution in [2.75, 3.05) is 4.90 Å². The number of carbonyl (C=O) groups is 2. The lowest BCUT2D eigenvalue weighted by Crippen LogP contribution is -2.47. The average Bonchev–Trinajstić information content (AvgIpc) is 3.29. The third kappa shape index (κ3) is 6.96. The van der Waals surface area contributed by atoms with Gasteiger partial charge in [0.25, 0.3) is 0 Å². The fraction of sp³-hybridized carbons (Fsp3) is 0.581. The Morgan fingerprint density at radius 2 is 1.79 bits per heavy atom. The SMILES string of the molecule is Cc1cccnc1O[C@H]1CC[C@H](N(c2cc(C#CC(C)(C)C)sc2C(=O)O)C(=O)[C@H]2CC[C@H](C)CC2)CC1.